The van der Waals surface area contributed by atoms with Gasteiger partial charge in [-0.2, -0.15) is 0 Å². The quantitative estimate of drug-likeness (QED) is 0.911. The summed E-state index contributed by atoms with van der Waals surface area (Å²) in [7, 11) is 0. The second-order valence-corrected chi connectivity index (χ2v) is 6.92. The van der Waals surface area contributed by atoms with Crippen LogP contribution in [-0.4, -0.2) is 58.8 Å². The fourth-order valence-corrected chi connectivity index (χ4v) is 3.64. The third-order valence-corrected chi connectivity index (χ3v) is 5.09. The fourth-order valence-electron chi connectivity index (χ4n) is 3.64. The van der Waals surface area contributed by atoms with Gasteiger partial charge in [0.1, 0.15) is 11.4 Å². The van der Waals surface area contributed by atoms with E-state index in [1.165, 1.54) is 0 Å². The van der Waals surface area contributed by atoms with Gasteiger partial charge in [-0.15, -0.1) is 0 Å². The second kappa shape index (κ2) is 7.30. The van der Waals surface area contributed by atoms with Gasteiger partial charge in [-0.1, -0.05) is 13.0 Å². The van der Waals surface area contributed by atoms with E-state index in [9.17, 15) is 9.59 Å². The van der Waals surface area contributed by atoms with Gasteiger partial charge in [-0.3, -0.25) is 9.59 Å². The molecule has 2 saturated heterocycles. The normalized spacial score (nSPS) is 24.2. The number of nitrogens with zero attached hydrogens (tertiary/aromatic N) is 3. The average Bonchev–Trinajstić information content (AvgIpc) is 3.15. The van der Waals surface area contributed by atoms with Gasteiger partial charge in [0, 0.05) is 32.2 Å². The van der Waals surface area contributed by atoms with E-state index in [1.54, 1.807) is 18.2 Å². The molecule has 2 fully saturated rings. The Balaban J connectivity index is 1.77. The van der Waals surface area contributed by atoms with Gasteiger partial charge in [0.05, 0.1) is 0 Å². The molecule has 0 aromatic carbocycles. The van der Waals surface area contributed by atoms with Gasteiger partial charge in [0.15, 0.2) is 0 Å². The molecular weight excluding hydrogens is 304 g/mol. The van der Waals surface area contributed by atoms with Crippen molar-refractivity contribution in [2.24, 2.45) is 11.7 Å². The number of carbonyl (C=O) groups excluding carboxylic acids is 2. The van der Waals surface area contributed by atoms with Crippen molar-refractivity contribution in [3.8, 4) is 0 Å². The van der Waals surface area contributed by atoms with Crippen molar-refractivity contribution in [2.75, 3.05) is 26.2 Å². The molecule has 6 heteroatoms. The van der Waals surface area contributed by atoms with E-state index in [-0.39, 0.29) is 17.9 Å². The molecule has 2 amide bonds. The Bertz CT molecular complexity index is 613. The van der Waals surface area contributed by atoms with Gasteiger partial charge in [-0.25, -0.2) is 4.98 Å². The standard InChI is InChI=1S/C18H26N4O2/c1-13-7-10-22(14(11-13)12-19)18(24)16-6-4-5-15(20-16)17(23)21-8-2-3-9-21/h4-6,13-14H,2-3,7-12,19H2,1H3. The monoisotopic (exact) mass is 330 g/mol. The zero-order valence-electron chi connectivity index (χ0n) is 14.3. The lowest BCUT2D eigenvalue weighted by Gasteiger charge is -2.37. The molecule has 0 spiro atoms. The molecule has 3 heterocycles. The van der Waals surface area contributed by atoms with Crippen molar-refractivity contribution in [3.63, 3.8) is 0 Å². The van der Waals surface area contributed by atoms with Gasteiger partial charge >= 0.3 is 0 Å². The molecule has 0 bridgehead atoms. The summed E-state index contributed by atoms with van der Waals surface area (Å²) in [5.41, 5.74) is 6.56. The predicted molar refractivity (Wildman–Crippen MR) is 91.7 cm³/mol. The molecule has 6 nitrogen and oxygen atoms in total. The minimum absolute atomic E-state index is 0.0565. The van der Waals surface area contributed by atoms with E-state index < -0.39 is 0 Å². The van der Waals surface area contributed by atoms with E-state index in [0.29, 0.717) is 30.4 Å². The van der Waals surface area contributed by atoms with Crippen LogP contribution in [0.3, 0.4) is 0 Å². The van der Waals surface area contributed by atoms with Gasteiger partial charge in [0.2, 0.25) is 0 Å². The molecule has 3 rings (SSSR count). The number of nitrogens with two attached hydrogens (primary N) is 1. The largest absolute Gasteiger partial charge is 0.337 e. The molecule has 0 saturated carbocycles. The maximum atomic E-state index is 12.9. The number of amides is 2. The fraction of sp³-hybridized carbons (Fsp3) is 0.611. The van der Waals surface area contributed by atoms with Crippen molar-refractivity contribution < 1.29 is 9.59 Å². The highest BCUT2D eigenvalue weighted by Gasteiger charge is 2.30. The second-order valence-electron chi connectivity index (χ2n) is 6.92. The Kier molecular flexibility index (Phi) is 5.14. The van der Waals surface area contributed by atoms with Crippen molar-refractivity contribution in [2.45, 2.75) is 38.6 Å². The van der Waals surface area contributed by atoms with Crippen LogP contribution in [0.25, 0.3) is 0 Å². The van der Waals surface area contributed by atoms with E-state index in [1.807, 2.05) is 9.80 Å². The summed E-state index contributed by atoms with van der Waals surface area (Å²) < 4.78 is 0. The molecular formula is C18H26N4O2. The number of aromatic nitrogens is 1. The highest BCUT2D eigenvalue weighted by Crippen LogP contribution is 2.23. The van der Waals surface area contributed by atoms with Crippen LogP contribution in [-0.2, 0) is 0 Å². The van der Waals surface area contributed by atoms with Crippen LogP contribution in [0.4, 0.5) is 0 Å². The molecule has 0 aliphatic carbocycles. The summed E-state index contributed by atoms with van der Waals surface area (Å²) in [6.07, 6.45) is 3.98. The van der Waals surface area contributed by atoms with Crippen LogP contribution < -0.4 is 5.73 Å². The number of pyridine rings is 1. The van der Waals surface area contributed by atoms with Crippen LogP contribution in [0, 0.1) is 5.92 Å². The first-order chi connectivity index (χ1) is 11.6. The zero-order chi connectivity index (χ0) is 17.1. The van der Waals surface area contributed by atoms with E-state index in [0.717, 1.165) is 38.8 Å². The number of piperidine rings is 1. The van der Waals surface area contributed by atoms with E-state index >= 15 is 0 Å². The minimum Gasteiger partial charge on any atom is -0.337 e. The van der Waals surface area contributed by atoms with E-state index in [4.69, 9.17) is 5.73 Å². The summed E-state index contributed by atoms with van der Waals surface area (Å²) in [4.78, 5) is 33.3. The zero-order valence-corrected chi connectivity index (χ0v) is 14.3. The Morgan fingerprint density at radius 1 is 1.17 bits per heavy atom. The van der Waals surface area contributed by atoms with Crippen LogP contribution in [0.2, 0.25) is 0 Å². The molecule has 0 radical (unpaired) electrons. The lowest BCUT2D eigenvalue weighted by Crippen LogP contribution is -2.49. The lowest BCUT2D eigenvalue weighted by molar-refractivity contribution is 0.0567. The minimum atomic E-state index is -0.117. The lowest BCUT2D eigenvalue weighted by atomic mass is 9.92. The van der Waals surface area contributed by atoms with Crippen LogP contribution >= 0.6 is 0 Å². The SMILES string of the molecule is CC1CCN(C(=O)c2cccc(C(=O)N3CCCC3)n2)C(CN)C1. The summed E-state index contributed by atoms with van der Waals surface area (Å²) in [5.74, 6) is 0.386. The van der Waals surface area contributed by atoms with Crippen molar-refractivity contribution >= 4 is 11.8 Å². The molecule has 2 N–H and O–H groups in total. The van der Waals surface area contributed by atoms with Gasteiger partial charge < -0.3 is 15.5 Å². The van der Waals surface area contributed by atoms with Crippen molar-refractivity contribution in [1.29, 1.82) is 0 Å². The maximum Gasteiger partial charge on any atom is 0.272 e. The number of hydrogen-bond donors (Lipinski definition) is 1. The van der Waals surface area contributed by atoms with Gasteiger partial charge in [-0.05, 0) is 43.7 Å². The molecule has 130 valence electrons. The Morgan fingerprint density at radius 2 is 1.83 bits per heavy atom. The van der Waals surface area contributed by atoms with E-state index in [2.05, 4.69) is 11.9 Å². The Hall–Kier alpha value is -1.95. The first-order valence-corrected chi connectivity index (χ1v) is 8.87. The number of hydrogen-bond acceptors (Lipinski definition) is 4. The van der Waals surface area contributed by atoms with Crippen LogP contribution in [0.5, 0.6) is 0 Å². The number of likely N-dealkylation sites (tertiary alicyclic amines) is 2. The first kappa shape index (κ1) is 16.9. The summed E-state index contributed by atoms with van der Waals surface area (Å²) >= 11 is 0. The maximum absolute atomic E-state index is 12.9. The highest BCUT2D eigenvalue weighted by atomic mass is 16.2. The Morgan fingerprint density at radius 3 is 2.50 bits per heavy atom. The van der Waals surface area contributed by atoms with Crippen molar-refractivity contribution in [1.82, 2.24) is 14.8 Å². The third kappa shape index (κ3) is 3.43. The Labute approximate surface area is 143 Å². The van der Waals surface area contributed by atoms with Crippen molar-refractivity contribution in [3.05, 3.63) is 29.6 Å². The topological polar surface area (TPSA) is 79.5 Å². The van der Waals surface area contributed by atoms with Gasteiger partial charge in [0.25, 0.3) is 11.8 Å². The van der Waals surface area contributed by atoms with Crippen LogP contribution in [0.15, 0.2) is 18.2 Å². The smallest absolute Gasteiger partial charge is 0.272 e. The molecule has 2 atom stereocenters. The summed E-state index contributed by atoms with van der Waals surface area (Å²) in [6, 6.07) is 5.18. The first-order valence-electron chi connectivity index (χ1n) is 8.87. The molecule has 1 aromatic heterocycles. The summed E-state index contributed by atoms with van der Waals surface area (Å²) in [5, 5.41) is 0. The molecule has 2 aliphatic rings. The summed E-state index contributed by atoms with van der Waals surface area (Å²) in [6.45, 7) is 4.91. The predicted octanol–water partition coefficient (Wildman–Crippen LogP) is 1.52. The average molecular weight is 330 g/mol. The molecule has 24 heavy (non-hydrogen) atoms. The molecule has 2 unspecified atom stereocenters. The highest BCUT2D eigenvalue weighted by molar-refractivity contribution is 5.96. The number of carbonyl (C=O) groups is 2. The number of rotatable bonds is 3. The third-order valence-electron chi connectivity index (χ3n) is 5.09. The molecule has 1 aromatic rings. The molecule has 2 aliphatic heterocycles. The van der Waals surface area contributed by atoms with Crippen LogP contribution in [0.1, 0.15) is 53.6 Å².